The summed E-state index contributed by atoms with van der Waals surface area (Å²) in [5.74, 6) is 1.77. The molecule has 0 saturated carbocycles. The quantitative estimate of drug-likeness (QED) is 0.189. The summed E-state index contributed by atoms with van der Waals surface area (Å²) in [6.45, 7) is 12.9. The Morgan fingerprint density at radius 3 is 1.39 bits per heavy atom. The van der Waals surface area contributed by atoms with Gasteiger partial charge in [-0.15, -0.1) is 0 Å². The van der Waals surface area contributed by atoms with Gasteiger partial charge in [-0.1, -0.05) is 15.9 Å². The minimum Gasteiger partial charge on any atom is -0.491 e. The molecule has 0 aliphatic carbocycles. The molecule has 2 aromatic carbocycles. The van der Waals surface area contributed by atoms with Crippen molar-refractivity contribution in [2.24, 2.45) is 0 Å². The van der Waals surface area contributed by atoms with Crippen molar-refractivity contribution in [3.8, 4) is 17.6 Å². The van der Waals surface area contributed by atoms with Gasteiger partial charge in [-0.05, 0) is 81.1 Å². The van der Waals surface area contributed by atoms with Crippen LogP contribution in [-0.4, -0.2) is 57.5 Å². The number of benzene rings is 2. The van der Waals surface area contributed by atoms with Crippen LogP contribution in [0.15, 0.2) is 24.3 Å². The fourth-order valence-electron chi connectivity index (χ4n) is 3.56. The number of halogens is 1. The first-order chi connectivity index (χ1) is 17.1. The highest BCUT2D eigenvalue weighted by Gasteiger charge is 2.12. The van der Waals surface area contributed by atoms with Gasteiger partial charge in [0.2, 0.25) is 0 Å². The first kappa shape index (κ1) is 33.3. The minimum atomic E-state index is 0.0958. The number of nitriles is 1. The molecule has 2 rings (SSSR count). The number of carbonyl (C=O) groups excluding carboxylic acids is 2. The molecule has 36 heavy (non-hydrogen) atoms. The maximum atomic E-state index is 11.7. The summed E-state index contributed by atoms with van der Waals surface area (Å²) in [6.07, 6.45) is 0. The molecule has 0 fully saturated rings. The summed E-state index contributed by atoms with van der Waals surface area (Å²) in [7, 11) is 3.27. The molecule has 0 bridgehead atoms. The van der Waals surface area contributed by atoms with Crippen molar-refractivity contribution in [2.45, 2.75) is 41.5 Å². The SMILES string of the molecule is CC#N.COCCOc1cc(C)c(C(=O)CBr)c(C)c1.COCCOc1cc(C)c(C(C)=O)c(C)c1. The molecule has 0 atom stereocenters. The lowest BCUT2D eigenvalue weighted by atomic mass is 9.99. The third-order valence-corrected chi connectivity index (χ3v) is 5.39. The van der Waals surface area contributed by atoms with Crippen LogP contribution in [-0.2, 0) is 9.47 Å². The Morgan fingerprint density at radius 2 is 1.11 bits per heavy atom. The van der Waals surface area contributed by atoms with E-state index in [1.54, 1.807) is 27.2 Å². The molecule has 198 valence electrons. The molecular formula is C28H38BrNO6. The van der Waals surface area contributed by atoms with Gasteiger partial charge in [0.1, 0.15) is 24.7 Å². The van der Waals surface area contributed by atoms with E-state index in [4.69, 9.17) is 24.2 Å². The molecule has 0 amide bonds. The summed E-state index contributed by atoms with van der Waals surface area (Å²) in [6, 6.07) is 9.30. The Hall–Kier alpha value is -2.73. The highest BCUT2D eigenvalue weighted by molar-refractivity contribution is 9.09. The smallest absolute Gasteiger partial charge is 0.173 e. The monoisotopic (exact) mass is 563 g/mol. The van der Waals surface area contributed by atoms with E-state index >= 15 is 0 Å². The minimum absolute atomic E-state index is 0.0958. The van der Waals surface area contributed by atoms with E-state index in [0.717, 1.165) is 44.9 Å². The van der Waals surface area contributed by atoms with Crippen molar-refractivity contribution in [3.05, 3.63) is 57.6 Å². The second kappa shape index (κ2) is 18.5. The number of nitrogens with zero attached hydrogens (tertiary/aromatic N) is 1. The van der Waals surface area contributed by atoms with Gasteiger partial charge in [0.05, 0.1) is 24.6 Å². The number of hydrogen-bond donors (Lipinski definition) is 0. The molecule has 0 radical (unpaired) electrons. The van der Waals surface area contributed by atoms with Crippen LogP contribution >= 0.6 is 15.9 Å². The van der Waals surface area contributed by atoms with E-state index in [1.807, 2.05) is 52.0 Å². The predicted octanol–water partition coefficient (Wildman–Crippen LogP) is 5.97. The number of aryl methyl sites for hydroxylation is 4. The Morgan fingerprint density at radius 1 is 0.778 bits per heavy atom. The van der Waals surface area contributed by atoms with Gasteiger partial charge in [-0.2, -0.15) is 5.26 Å². The van der Waals surface area contributed by atoms with Crippen LogP contribution in [0.1, 0.15) is 56.8 Å². The van der Waals surface area contributed by atoms with E-state index in [2.05, 4.69) is 15.9 Å². The summed E-state index contributed by atoms with van der Waals surface area (Å²) in [4.78, 5) is 23.1. The lowest BCUT2D eigenvalue weighted by Crippen LogP contribution is -2.08. The first-order valence-corrected chi connectivity index (χ1v) is 12.6. The largest absolute Gasteiger partial charge is 0.491 e. The lowest BCUT2D eigenvalue weighted by molar-refractivity contribution is 0.101. The first-order valence-electron chi connectivity index (χ1n) is 11.4. The van der Waals surface area contributed by atoms with Crippen molar-refractivity contribution in [3.63, 3.8) is 0 Å². The average Bonchev–Trinajstić information content (AvgIpc) is 2.79. The topological polar surface area (TPSA) is 94.8 Å². The fraction of sp³-hybridized carbons (Fsp3) is 0.464. The number of rotatable bonds is 11. The Kier molecular flexibility index (Phi) is 17.1. The molecule has 0 aromatic heterocycles. The number of methoxy groups -OCH3 is 2. The number of Topliss-reactive ketones (excluding diaryl/α,β-unsaturated/α-hetero) is 2. The molecule has 0 aliphatic rings. The van der Waals surface area contributed by atoms with Gasteiger partial charge in [0, 0.05) is 32.3 Å². The number of alkyl halides is 1. The number of carbonyl (C=O) groups is 2. The van der Waals surface area contributed by atoms with E-state index in [9.17, 15) is 9.59 Å². The van der Waals surface area contributed by atoms with E-state index in [0.29, 0.717) is 31.8 Å². The number of hydrogen-bond acceptors (Lipinski definition) is 7. The molecule has 0 heterocycles. The zero-order valence-electron chi connectivity index (χ0n) is 22.6. The van der Waals surface area contributed by atoms with Crippen molar-refractivity contribution >= 4 is 27.5 Å². The maximum Gasteiger partial charge on any atom is 0.173 e. The normalized spacial score (nSPS) is 9.67. The van der Waals surface area contributed by atoms with Gasteiger partial charge in [0.25, 0.3) is 0 Å². The predicted molar refractivity (Wildman–Crippen MR) is 146 cm³/mol. The molecular weight excluding hydrogens is 526 g/mol. The summed E-state index contributed by atoms with van der Waals surface area (Å²) in [5.41, 5.74) is 5.38. The second-order valence-electron chi connectivity index (χ2n) is 7.88. The summed E-state index contributed by atoms with van der Waals surface area (Å²) >= 11 is 3.19. The molecule has 0 N–H and O–H groups in total. The van der Waals surface area contributed by atoms with E-state index in [1.165, 1.54) is 6.92 Å². The molecule has 0 unspecified atom stereocenters. The van der Waals surface area contributed by atoms with Crippen molar-refractivity contribution < 1.29 is 28.5 Å². The van der Waals surface area contributed by atoms with Crippen LogP contribution in [0, 0.1) is 39.0 Å². The van der Waals surface area contributed by atoms with Gasteiger partial charge in [-0.25, -0.2) is 0 Å². The second-order valence-corrected chi connectivity index (χ2v) is 8.44. The Balaban J connectivity index is 0.000000614. The lowest BCUT2D eigenvalue weighted by Gasteiger charge is -2.12. The third kappa shape index (κ3) is 11.8. The van der Waals surface area contributed by atoms with Crippen LogP contribution in [0.4, 0.5) is 0 Å². The van der Waals surface area contributed by atoms with E-state index < -0.39 is 0 Å². The van der Waals surface area contributed by atoms with Crippen LogP contribution in [0.2, 0.25) is 0 Å². The highest BCUT2D eigenvalue weighted by Crippen LogP contribution is 2.23. The van der Waals surface area contributed by atoms with Crippen LogP contribution in [0.5, 0.6) is 11.5 Å². The molecule has 0 spiro atoms. The fourth-order valence-corrected chi connectivity index (χ4v) is 3.84. The number of ether oxygens (including phenoxy) is 4. The van der Waals surface area contributed by atoms with Crippen LogP contribution in [0.25, 0.3) is 0 Å². The zero-order valence-corrected chi connectivity index (χ0v) is 24.2. The van der Waals surface area contributed by atoms with Gasteiger partial charge < -0.3 is 18.9 Å². The van der Waals surface area contributed by atoms with Crippen molar-refractivity contribution in [1.82, 2.24) is 0 Å². The van der Waals surface area contributed by atoms with Crippen LogP contribution < -0.4 is 9.47 Å². The van der Waals surface area contributed by atoms with E-state index in [-0.39, 0.29) is 11.6 Å². The molecule has 0 aliphatic heterocycles. The zero-order chi connectivity index (χ0) is 27.7. The molecule has 0 saturated heterocycles. The van der Waals surface area contributed by atoms with Crippen molar-refractivity contribution in [1.29, 1.82) is 5.26 Å². The Bertz CT molecular complexity index is 983. The highest BCUT2D eigenvalue weighted by atomic mass is 79.9. The third-order valence-electron chi connectivity index (χ3n) is 4.88. The molecule has 8 heteroatoms. The molecule has 7 nitrogen and oxygen atoms in total. The maximum absolute atomic E-state index is 11.7. The summed E-state index contributed by atoms with van der Waals surface area (Å²) < 4.78 is 20.9. The van der Waals surface area contributed by atoms with Gasteiger partial charge in [0.15, 0.2) is 11.6 Å². The number of ketones is 2. The van der Waals surface area contributed by atoms with Gasteiger partial charge >= 0.3 is 0 Å². The Labute approximate surface area is 223 Å². The van der Waals surface area contributed by atoms with Crippen LogP contribution in [0.3, 0.4) is 0 Å². The van der Waals surface area contributed by atoms with Gasteiger partial charge in [-0.3, -0.25) is 9.59 Å². The van der Waals surface area contributed by atoms with Crippen molar-refractivity contribution in [2.75, 3.05) is 46.0 Å². The standard InChI is InChI=1S/C13H17BrO3.C13H18O3.C2H3N/c1-9-6-11(17-5-4-16-3)7-10(2)13(9)12(15)8-14;1-9-7-12(16-6-5-15-4)8-10(2)13(9)11(3)14;1-2-3/h6-7H,4-5,8H2,1-3H3;7-8H,5-6H2,1-4H3;1H3. The average molecular weight is 565 g/mol. The molecule has 2 aromatic rings. The summed E-state index contributed by atoms with van der Waals surface area (Å²) in [5, 5.41) is 7.67.